The molecule has 0 amide bonds. The molecule has 2 aromatic heterocycles. The third kappa shape index (κ3) is 2.64. The van der Waals surface area contributed by atoms with Crippen molar-refractivity contribution in [2.75, 3.05) is 0 Å². The minimum absolute atomic E-state index is 0.346. The van der Waals surface area contributed by atoms with Crippen molar-refractivity contribution in [3.63, 3.8) is 0 Å². The van der Waals surface area contributed by atoms with E-state index < -0.39 is 0 Å². The van der Waals surface area contributed by atoms with Gasteiger partial charge in [-0.3, -0.25) is 0 Å². The third-order valence-electron chi connectivity index (χ3n) is 3.36. The quantitative estimate of drug-likeness (QED) is 0.779. The van der Waals surface area contributed by atoms with E-state index in [2.05, 4.69) is 45.9 Å². The van der Waals surface area contributed by atoms with Crippen LogP contribution in [0, 0.1) is 2.88 Å². The molecule has 0 aliphatic heterocycles. The van der Waals surface area contributed by atoms with Gasteiger partial charge in [0.15, 0.2) is 0 Å². The van der Waals surface area contributed by atoms with E-state index in [0.29, 0.717) is 12.1 Å². The molecule has 18 heavy (non-hydrogen) atoms. The van der Waals surface area contributed by atoms with Gasteiger partial charge >= 0.3 is 0 Å². The molecule has 0 radical (unpaired) electrons. The zero-order valence-electron chi connectivity index (χ0n) is 10.1. The van der Waals surface area contributed by atoms with E-state index in [1.54, 1.807) is 16.2 Å². The summed E-state index contributed by atoms with van der Waals surface area (Å²) in [7, 11) is 0. The minimum Gasteiger partial charge on any atom is -0.301 e. The number of hydrogen-bond donors (Lipinski definition) is 1. The molecule has 5 heteroatoms. The SMILES string of the molecule is CC(NC1CCCc2sc(I)cc21)c1nccs1. The first-order valence-corrected chi connectivity index (χ1v) is 8.95. The van der Waals surface area contributed by atoms with E-state index in [0.717, 1.165) is 0 Å². The molecule has 2 atom stereocenters. The van der Waals surface area contributed by atoms with Crippen LogP contribution in [-0.4, -0.2) is 4.98 Å². The van der Waals surface area contributed by atoms with E-state index >= 15 is 0 Å². The molecular formula is C13H15IN2S2. The standard InChI is InChI=1S/C13H15IN2S2/c1-8(13-15-5-6-17-13)16-10-3-2-4-11-9(10)7-12(14)18-11/h5-8,10,16H,2-4H2,1H3. The summed E-state index contributed by atoms with van der Waals surface area (Å²) in [6.45, 7) is 2.21. The number of halogens is 1. The molecule has 3 rings (SSSR count). The maximum Gasteiger partial charge on any atom is 0.109 e. The summed E-state index contributed by atoms with van der Waals surface area (Å²) >= 11 is 6.12. The number of thiophene rings is 1. The molecule has 2 aromatic rings. The predicted molar refractivity (Wildman–Crippen MR) is 86.4 cm³/mol. The summed E-state index contributed by atoms with van der Waals surface area (Å²) in [5.74, 6) is 0. The van der Waals surface area contributed by atoms with Crippen LogP contribution in [0.1, 0.15) is 47.3 Å². The van der Waals surface area contributed by atoms with Gasteiger partial charge < -0.3 is 5.32 Å². The molecular weight excluding hydrogens is 375 g/mol. The second kappa shape index (κ2) is 5.56. The molecule has 0 fully saturated rings. The summed E-state index contributed by atoms with van der Waals surface area (Å²) in [6, 6.07) is 3.21. The molecule has 1 aliphatic rings. The molecule has 2 nitrogen and oxygen atoms in total. The fourth-order valence-electron chi connectivity index (χ4n) is 2.52. The van der Waals surface area contributed by atoms with Crippen molar-refractivity contribution in [1.82, 2.24) is 10.3 Å². The van der Waals surface area contributed by atoms with Crippen molar-refractivity contribution in [2.45, 2.75) is 38.3 Å². The van der Waals surface area contributed by atoms with Gasteiger partial charge in [0.2, 0.25) is 0 Å². The lowest BCUT2D eigenvalue weighted by Gasteiger charge is -2.26. The second-order valence-electron chi connectivity index (χ2n) is 4.63. The maximum absolute atomic E-state index is 4.40. The number of thiazole rings is 1. The monoisotopic (exact) mass is 390 g/mol. The first-order chi connectivity index (χ1) is 8.74. The molecule has 2 unspecified atom stereocenters. The highest BCUT2D eigenvalue weighted by Gasteiger charge is 2.24. The van der Waals surface area contributed by atoms with E-state index in [4.69, 9.17) is 0 Å². The molecule has 1 aliphatic carbocycles. The van der Waals surface area contributed by atoms with E-state index in [-0.39, 0.29) is 0 Å². The van der Waals surface area contributed by atoms with Gasteiger partial charge in [-0.15, -0.1) is 22.7 Å². The highest BCUT2D eigenvalue weighted by atomic mass is 127. The minimum atomic E-state index is 0.346. The second-order valence-corrected chi connectivity index (χ2v) is 8.59. The van der Waals surface area contributed by atoms with Crippen LogP contribution in [0.2, 0.25) is 0 Å². The molecule has 1 N–H and O–H groups in total. The van der Waals surface area contributed by atoms with Gasteiger partial charge in [-0.1, -0.05) is 0 Å². The fraction of sp³-hybridized carbons (Fsp3) is 0.462. The molecule has 0 aromatic carbocycles. The first-order valence-electron chi connectivity index (χ1n) is 6.17. The van der Waals surface area contributed by atoms with Crippen LogP contribution in [0.3, 0.4) is 0 Å². The highest BCUT2D eigenvalue weighted by molar-refractivity contribution is 14.1. The normalized spacial score (nSPS) is 20.7. The fourth-order valence-corrected chi connectivity index (χ4v) is 5.29. The smallest absolute Gasteiger partial charge is 0.109 e. The summed E-state index contributed by atoms with van der Waals surface area (Å²) in [6.07, 6.45) is 5.69. The number of hydrogen-bond acceptors (Lipinski definition) is 4. The summed E-state index contributed by atoms with van der Waals surface area (Å²) in [5, 5.41) is 6.98. The number of nitrogens with one attached hydrogen (secondary N) is 1. The molecule has 0 spiro atoms. The van der Waals surface area contributed by atoms with Crippen LogP contribution in [0.15, 0.2) is 17.6 Å². The number of rotatable bonds is 3. The number of aromatic nitrogens is 1. The van der Waals surface area contributed by atoms with Gasteiger partial charge in [0, 0.05) is 22.5 Å². The summed E-state index contributed by atoms with van der Waals surface area (Å²) in [4.78, 5) is 5.98. The average Bonchev–Trinajstić information content (AvgIpc) is 2.96. The topological polar surface area (TPSA) is 24.9 Å². The Morgan fingerprint density at radius 1 is 1.56 bits per heavy atom. The van der Waals surface area contributed by atoms with Crippen molar-refractivity contribution in [3.8, 4) is 0 Å². The van der Waals surface area contributed by atoms with E-state index in [1.165, 1.54) is 32.7 Å². The Hall–Kier alpha value is 0.0200. The third-order valence-corrected chi connectivity index (χ3v) is 6.29. The van der Waals surface area contributed by atoms with Crippen molar-refractivity contribution < 1.29 is 0 Å². The summed E-state index contributed by atoms with van der Waals surface area (Å²) in [5.41, 5.74) is 1.53. The van der Waals surface area contributed by atoms with E-state index in [1.807, 2.05) is 22.9 Å². The Morgan fingerprint density at radius 3 is 3.22 bits per heavy atom. The van der Waals surface area contributed by atoms with Gasteiger partial charge in [-0.2, -0.15) is 0 Å². The average molecular weight is 390 g/mol. The summed E-state index contributed by atoms with van der Waals surface area (Å²) < 4.78 is 1.41. The van der Waals surface area contributed by atoms with Crippen LogP contribution in [-0.2, 0) is 6.42 Å². The highest BCUT2D eigenvalue weighted by Crippen LogP contribution is 2.37. The van der Waals surface area contributed by atoms with Crippen LogP contribution >= 0.6 is 45.3 Å². The van der Waals surface area contributed by atoms with Crippen LogP contribution in [0.25, 0.3) is 0 Å². The van der Waals surface area contributed by atoms with E-state index in [9.17, 15) is 0 Å². The van der Waals surface area contributed by atoms with Crippen LogP contribution in [0.4, 0.5) is 0 Å². The number of aryl methyl sites for hydroxylation is 1. The van der Waals surface area contributed by atoms with Gasteiger partial charge in [0.25, 0.3) is 0 Å². The van der Waals surface area contributed by atoms with Crippen LogP contribution < -0.4 is 5.32 Å². The Bertz CT molecular complexity index is 521. The Morgan fingerprint density at radius 2 is 2.44 bits per heavy atom. The van der Waals surface area contributed by atoms with Crippen molar-refractivity contribution in [1.29, 1.82) is 0 Å². The molecule has 96 valence electrons. The Kier molecular flexibility index (Phi) is 4.03. The lowest BCUT2D eigenvalue weighted by molar-refractivity contribution is 0.417. The zero-order chi connectivity index (χ0) is 12.5. The molecule has 0 bridgehead atoms. The van der Waals surface area contributed by atoms with Gasteiger partial charge in [-0.05, 0) is 60.4 Å². The number of fused-ring (bicyclic) bond motifs is 1. The largest absolute Gasteiger partial charge is 0.301 e. The maximum atomic E-state index is 4.40. The predicted octanol–water partition coefficient (Wildman–Crippen LogP) is 4.54. The lowest BCUT2D eigenvalue weighted by Crippen LogP contribution is -2.26. The van der Waals surface area contributed by atoms with Gasteiger partial charge in [0.1, 0.15) is 5.01 Å². The van der Waals surface area contributed by atoms with Gasteiger partial charge in [0.05, 0.1) is 8.93 Å². The van der Waals surface area contributed by atoms with Gasteiger partial charge in [-0.25, -0.2) is 4.98 Å². The van der Waals surface area contributed by atoms with Crippen LogP contribution in [0.5, 0.6) is 0 Å². The Balaban J connectivity index is 1.78. The van der Waals surface area contributed by atoms with Crippen molar-refractivity contribution in [2.24, 2.45) is 0 Å². The molecule has 0 saturated heterocycles. The Labute approximate surface area is 129 Å². The first kappa shape index (κ1) is 13.0. The van der Waals surface area contributed by atoms with Crippen molar-refractivity contribution >= 4 is 45.3 Å². The van der Waals surface area contributed by atoms with Crippen molar-refractivity contribution in [3.05, 3.63) is 36.0 Å². The molecule has 0 saturated carbocycles. The molecule has 2 heterocycles. The number of nitrogens with zero attached hydrogens (tertiary/aromatic N) is 1. The lowest BCUT2D eigenvalue weighted by atomic mass is 9.93. The zero-order valence-corrected chi connectivity index (χ0v) is 13.9.